The summed E-state index contributed by atoms with van der Waals surface area (Å²) < 4.78 is 4.94. The van der Waals surface area contributed by atoms with Crippen LogP contribution in [0.3, 0.4) is 0 Å². The van der Waals surface area contributed by atoms with E-state index >= 15 is 0 Å². The second-order valence-corrected chi connectivity index (χ2v) is 2.61. The summed E-state index contributed by atoms with van der Waals surface area (Å²) in [7, 11) is 0.769. The van der Waals surface area contributed by atoms with Crippen molar-refractivity contribution in [3.63, 3.8) is 0 Å². The molecular formula is C4H8OSSi. The van der Waals surface area contributed by atoms with Gasteiger partial charge in [0.2, 0.25) is 10.5 Å². The minimum Gasteiger partial charge on any atom is -0.548 e. The Hall–Kier alpha value is 0.107. The third-order valence-electron chi connectivity index (χ3n) is 1.11. The molecule has 1 rings (SSSR count). The first-order valence-electron chi connectivity index (χ1n) is 2.42. The molecule has 0 bridgehead atoms. The molecule has 0 aromatic carbocycles. The third kappa shape index (κ3) is 1.24. The van der Waals surface area contributed by atoms with E-state index in [1.54, 1.807) is 0 Å². The van der Waals surface area contributed by atoms with E-state index in [9.17, 15) is 0 Å². The Morgan fingerprint density at radius 3 is 2.43 bits per heavy atom. The fourth-order valence-corrected chi connectivity index (χ4v) is 1.05. The number of hydrogen-bond donors (Lipinski definition) is 0. The molecule has 1 fully saturated rings. The molecule has 3 heteroatoms. The third-order valence-corrected chi connectivity index (χ3v) is 2.35. The molecule has 0 spiro atoms. The van der Waals surface area contributed by atoms with E-state index < -0.39 is 0 Å². The summed E-state index contributed by atoms with van der Waals surface area (Å²) in [6, 6.07) is 0. The normalized spacial score (nSPS) is 19.4. The summed E-state index contributed by atoms with van der Waals surface area (Å²) in [5.74, 6) is 0.660. The first-order valence-corrected chi connectivity index (χ1v) is 3.65. The average Bonchev–Trinajstić information content (AvgIpc) is 2.44. The number of thiocarbonyl (C=S) groups is 1. The molecule has 0 amide bonds. The van der Waals surface area contributed by atoms with Gasteiger partial charge in [0, 0.05) is 5.92 Å². The zero-order valence-corrected chi connectivity index (χ0v) is 7.12. The van der Waals surface area contributed by atoms with Gasteiger partial charge in [-0.2, -0.15) is 0 Å². The Morgan fingerprint density at radius 2 is 2.29 bits per heavy atom. The van der Waals surface area contributed by atoms with Gasteiger partial charge in [-0.25, -0.2) is 0 Å². The Bertz CT molecular complexity index is 89.7. The van der Waals surface area contributed by atoms with Gasteiger partial charge in [-0.3, -0.25) is 0 Å². The number of hydrogen-bond acceptors (Lipinski definition) is 2. The molecule has 1 saturated carbocycles. The van der Waals surface area contributed by atoms with Gasteiger partial charge in [-0.15, -0.1) is 0 Å². The fraction of sp³-hybridized carbons (Fsp3) is 0.750. The van der Waals surface area contributed by atoms with E-state index in [1.165, 1.54) is 12.8 Å². The second-order valence-electron chi connectivity index (χ2n) is 1.80. The molecule has 1 nitrogen and oxygen atoms in total. The molecule has 1 aliphatic carbocycles. The Kier molecular flexibility index (Phi) is 1.44. The fourth-order valence-electron chi connectivity index (χ4n) is 0.486. The highest BCUT2D eigenvalue weighted by atomic mass is 32.1. The number of rotatable bonds is 1. The van der Waals surface area contributed by atoms with Crippen LogP contribution in [0.1, 0.15) is 12.8 Å². The lowest BCUT2D eigenvalue weighted by Gasteiger charge is -1.95. The molecule has 0 N–H and O–H groups in total. The predicted molar refractivity (Wildman–Crippen MR) is 36.3 cm³/mol. The van der Waals surface area contributed by atoms with E-state index in [0.717, 1.165) is 15.5 Å². The van der Waals surface area contributed by atoms with Crippen molar-refractivity contribution in [2.45, 2.75) is 12.8 Å². The van der Waals surface area contributed by atoms with Crippen LogP contribution in [0.5, 0.6) is 0 Å². The molecule has 0 heterocycles. The van der Waals surface area contributed by atoms with Crippen molar-refractivity contribution in [2.24, 2.45) is 5.92 Å². The van der Waals surface area contributed by atoms with Crippen LogP contribution in [0.2, 0.25) is 0 Å². The molecule has 0 saturated heterocycles. The van der Waals surface area contributed by atoms with Gasteiger partial charge >= 0.3 is 0 Å². The van der Waals surface area contributed by atoms with E-state index in [1.807, 2.05) is 0 Å². The minimum atomic E-state index is 0.660. The van der Waals surface area contributed by atoms with Crippen LogP contribution < -0.4 is 0 Å². The lowest BCUT2D eigenvalue weighted by Crippen LogP contribution is -1.98. The van der Waals surface area contributed by atoms with Gasteiger partial charge in [0.15, 0.2) is 0 Å². The lowest BCUT2D eigenvalue weighted by atomic mass is 10.5. The molecule has 0 unspecified atom stereocenters. The summed E-state index contributed by atoms with van der Waals surface area (Å²) >= 11 is 4.85. The highest BCUT2D eigenvalue weighted by Crippen LogP contribution is 2.30. The Morgan fingerprint density at radius 1 is 1.71 bits per heavy atom. The largest absolute Gasteiger partial charge is 0.548 e. The maximum Gasteiger partial charge on any atom is 0.204 e. The molecule has 0 aliphatic heterocycles. The summed E-state index contributed by atoms with van der Waals surface area (Å²) in [5, 5.41) is 0.853. The Balaban J connectivity index is 2.24. The first kappa shape index (κ1) is 5.25. The first-order chi connectivity index (χ1) is 3.34. The van der Waals surface area contributed by atoms with E-state index in [0.29, 0.717) is 5.92 Å². The van der Waals surface area contributed by atoms with Crippen LogP contribution >= 0.6 is 12.2 Å². The van der Waals surface area contributed by atoms with Crippen LogP contribution in [0.4, 0.5) is 0 Å². The van der Waals surface area contributed by atoms with Gasteiger partial charge in [-0.1, -0.05) is 0 Å². The quantitative estimate of drug-likeness (QED) is 0.367. The van der Waals surface area contributed by atoms with Crippen LogP contribution in [0.25, 0.3) is 0 Å². The van der Waals surface area contributed by atoms with E-state index in [-0.39, 0.29) is 0 Å². The smallest absolute Gasteiger partial charge is 0.204 e. The molecule has 0 aromatic rings. The SMILES string of the molecule is [SiH3]OC(=S)C1CC1. The van der Waals surface area contributed by atoms with Crippen LogP contribution in [-0.2, 0) is 4.43 Å². The van der Waals surface area contributed by atoms with Crippen LogP contribution in [-0.4, -0.2) is 15.5 Å². The predicted octanol–water partition coefficient (Wildman–Crippen LogP) is 0.0208. The maximum absolute atomic E-state index is 4.94. The van der Waals surface area contributed by atoms with Crippen molar-refractivity contribution in [1.29, 1.82) is 0 Å². The highest BCUT2D eigenvalue weighted by molar-refractivity contribution is 7.80. The maximum atomic E-state index is 4.94. The van der Waals surface area contributed by atoms with Gasteiger partial charge in [-0.05, 0) is 25.1 Å². The van der Waals surface area contributed by atoms with Crippen molar-refractivity contribution in [3.8, 4) is 0 Å². The summed E-state index contributed by atoms with van der Waals surface area (Å²) in [5.41, 5.74) is 0. The topological polar surface area (TPSA) is 9.23 Å². The molecule has 40 valence electrons. The summed E-state index contributed by atoms with van der Waals surface area (Å²) in [6.07, 6.45) is 2.53. The van der Waals surface area contributed by atoms with Crippen molar-refractivity contribution in [1.82, 2.24) is 0 Å². The zero-order valence-electron chi connectivity index (χ0n) is 4.31. The second kappa shape index (κ2) is 1.92. The molecule has 0 radical (unpaired) electrons. The monoisotopic (exact) mass is 132 g/mol. The van der Waals surface area contributed by atoms with Gasteiger partial charge in [0.05, 0.1) is 0 Å². The van der Waals surface area contributed by atoms with Crippen LogP contribution in [0, 0.1) is 5.92 Å². The standard InChI is InChI=1S/C4H8OSSi/c6-4(5-7)3-1-2-3/h3H,1-2H2,7H3. The molecule has 0 atom stereocenters. The summed E-state index contributed by atoms with van der Waals surface area (Å²) in [4.78, 5) is 0. The highest BCUT2D eigenvalue weighted by Gasteiger charge is 2.26. The molecular weight excluding hydrogens is 124 g/mol. The van der Waals surface area contributed by atoms with Crippen molar-refractivity contribution < 1.29 is 4.43 Å². The van der Waals surface area contributed by atoms with Crippen molar-refractivity contribution in [2.75, 3.05) is 0 Å². The summed E-state index contributed by atoms with van der Waals surface area (Å²) in [6.45, 7) is 0. The van der Waals surface area contributed by atoms with Gasteiger partial charge in [0.1, 0.15) is 5.05 Å². The Labute approximate surface area is 51.6 Å². The van der Waals surface area contributed by atoms with Crippen molar-refractivity contribution >= 4 is 27.8 Å². The van der Waals surface area contributed by atoms with Crippen molar-refractivity contribution in [3.05, 3.63) is 0 Å². The van der Waals surface area contributed by atoms with Crippen LogP contribution in [0.15, 0.2) is 0 Å². The minimum absolute atomic E-state index is 0.660. The average molecular weight is 132 g/mol. The molecule has 1 aliphatic rings. The van der Waals surface area contributed by atoms with Gasteiger partial charge < -0.3 is 4.43 Å². The van der Waals surface area contributed by atoms with E-state index in [2.05, 4.69) is 0 Å². The van der Waals surface area contributed by atoms with E-state index in [4.69, 9.17) is 16.6 Å². The lowest BCUT2D eigenvalue weighted by molar-refractivity contribution is 0.602. The molecule has 7 heavy (non-hydrogen) atoms. The van der Waals surface area contributed by atoms with Gasteiger partial charge in [0.25, 0.3) is 0 Å². The molecule has 0 aromatic heterocycles. The zero-order chi connectivity index (χ0) is 5.28.